The third kappa shape index (κ3) is 3.51. The van der Waals surface area contributed by atoms with Crippen LogP contribution < -0.4 is 0 Å². The van der Waals surface area contributed by atoms with Crippen LogP contribution in [0.25, 0.3) is 27.8 Å². The van der Waals surface area contributed by atoms with Gasteiger partial charge in [0.05, 0.1) is 29.2 Å². The van der Waals surface area contributed by atoms with E-state index < -0.39 is 11.0 Å². The lowest BCUT2D eigenvalue weighted by molar-refractivity contribution is -0.145. The van der Waals surface area contributed by atoms with Gasteiger partial charge in [-0.15, -0.1) is 0 Å². The number of rotatable bonds is 4. The molecule has 0 fully saturated rings. The molecule has 5 rings (SSSR count). The molecule has 0 saturated carbocycles. The molecule has 188 valence electrons. The van der Waals surface area contributed by atoms with Crippen molar-refractivity contribution in [3.8, 4) is 16.9 Å². The summed E-state index contributed by atoms with van der Waals surface area (Å²) in [5, 5.41) is 6.53. The SMILES string of the molecule is CCc1cccc(CC)c1-n1nc2c(c1-c1ccc(C)c3[nH]ccc13)CN(C(=O)C(C)(C)C)C2(C)C. The maximum atomic E-state index is 13.6. The van der Waals surface area contributed by atoms with Gasteiger partial charge in [-0.25, -0.2) is 4.68 Å². The summed E-state index contributed by atoms with van der Waals surface area (Å²) in [5.74, 6) is 0.155. The smallest absolute Gasteiger partial charge is 0.229 e. The number of aryl methyl sites for hydroxylation is 3. The Hall–Kier alpha value is -3.34. The number of para-hydroxylation sites is 1. The van der Waals surface area contributed by atoms with E-state index in [2.05, 4.69) is 80.7 Å². The number of H-pyrrole nitrogens is 1. The summed E-state index contributed by atoms with van der Waals surface area (Å²) in [4.78, 5) is 19.0. The molecule has 1 aliphatic rings. The number of aromatic nitrogens is 3. The number of nitrogens with zero attached hydrogens (tertiary/aromatic N) is 3. The maximum absolute atomic E-state index is 13.6. The molecule has 1 aliphatic heterocycles. The summed E-state index contributed by atoms with van der Waals surface area (Å²) in [6, 6.07) is 13.1. The van der Waals surface area contributed by atoms with Crippen molar-refractivity contribution in [1.82, 2.24) is 19.7 Å². The van der Waals surface area contributed by atoms with Gasteiger partial charge in [0.2, 0.25) is 5.91 Å². The minimum atomic E-state index is -0.505. The first-order valence-corrected chi connectivity index (χ1v) is 13.1. The van der Waals surface area contributed by atoms with E-state index in [1.807, 2.05) is 31.9 Å². The molecule has 0 unspecified atom stereocenters. The van der Waals surface area contributed by atoms with Gasteiger partial charge >= 0.3 is 0 Å². The Kier molecular flexibility index (Phi) is 5.66. The van der Waals surface area contributed by atoms with E-state index in [-0.39, 0.29) is 5.91 Å². The van der Waals surface area contributed by atoms with Crippen LogP contribution in [-0.4, -0.2) is 25.6 Å². The lowest BCUT2D eigenvalue weighted by Crippen LogP contribution is -2.46. The van der Waals surface area contributed by atoms with Gasteiger partial charge in [-0.2, -0.15) is 5.10 Å². The number of aromatic amines is 1. The second-order valence-electron chi connectivity index (χ2n) is 11.6. The molecule has 36 heavy (non-hydrogen) atoms. The molecule has 3 heterocycles. The van der Waals surface area contributed by atoms with Crippen molar-refractivity contribution >= 4 is 16.8 Å². The molecule has 2 aromatic carbocycles. The van der Waals surface area contributed by atoms with Gasteiger partial charge in [-0.05, 0) is 56.4 Å². The van der Waals surface area contributed by atoms with Gasteiger partial charge in [0, 0.05) is 33.6 Å². The molecule has 0 radical (unpaired) electrons. The maximum Gasteiger partial charge on any atom is 0.229 e. The number of carbonyl (C=O) groups excluding carboxylic acids is 1. The summed E-state index contributed by atoms with van der Waals surface area (Å²) in [6.45, 7) is 17.4. The van der Waals surface area contributed by atoms with Gasteiger partial charge in [-0.3, -0.25) is 4.79 Å². The van der Waals surface area contributed by atoms with Crippen molar-refractivity contribution < 1.29 is 4.79 Å². The molecule has 0 saturated heterocycles. The van der Waals surface area contributed by atoms with E-state index in [1.165, 1.54) is 27.8 Å². The lowest BCUT2D eigenvalue weighted by Gasteiger charge is -2.36. The fourth-order valence-corrected chi connectivity index (χ4v) is 5.74. The fraction of sp³-hybridized carbons (Fsp3) is 0.419. The van der Waals surface area contributed by atoms with E-state index >= 15 is 0 Å². The average Bonchev–Trinajstić information content (AvgIpc) is 3.53. The molecule has 0 aliphatic carbocycles. The third-order valence-electron chi connectivity index (χ3n) is 7.80. The number of nitrogens with one attached hydrogen (secondary N) is 1. The van der Waals surface area contributed by atoms with E-state index in [0.29, 0.717) is 6.54 Å². The Bertz CT molecular complexity index is 1460. The molecule has 0 bridgehead atoms. The summed E-state index contributed by atoms with van der Waals surface area (Å²) < 4.78 is 2.19. The Morgan fingerprint density at radius 1 is 1.06 bits per heavy atom. The Morgan fingerprint density at radius 2 is 1.72 bits per heavy atom. The number of hydrogen-bond acceptors (Lipinski definition) is 2. The minimum absolute atomic E-state index is 0.155. The Labute approximate surface area is 214 Å². The highest BCUT2D eigenvalue weighted by Gasteiger charge is 2.47. The number of fused-ring (bicyclic) bond motifs is 2. The minimum Gasteiger partial charge on any atom is -0.361 e. The fourth-order valence-electron chi connectivity index (χ4n) is 5.74. The molecule has 1 amide bonds. The van der Waals surface area contributed by atoms with Gasteiger partial charge in [0.1, 0.15) is 0 Å². The first-order chi connectivity index (χ1) is 17.0. The van der Waals surface area contributed by atoms with E-state index in [9.17, 15) is 4.79 Å². The van der Waals surface area contributed by atoms with Crippen molar-refractivity contribution in [2.24, 2.45) is 5.41 Å². The van der Waals surface area contributed by atoms with E-state index in [4.69, 9.17) is 5.10 Å². The lowest BCUT2D eigenvalue weighted by atomic mass is 9.91. The Balaban J connectivity index is 1.85. The molecular formula is C31H38N4O. The zero-order chi connectivity index (χ0) is 26.0. The summed E-state index contributed by atoms with van der Waals surface area (Å²) >= 11 is 0. The van der Waals surface area contributed by atoms with E-state index in [0.717, 1.165) is 40.9 Å². The van der Waals surface area contributed by atoms with Crippen LogP contribution in [0.15, 0.2) is 42.6 Å². The number of carbonyl (C=O) groups is 1. The van der Waals surface area contributed by atoms with Gasteiger partial charge in [0.25, 0.3) is 0 Å². The highest BCUT2D eigenvalue weighted by Crippen LogP contribution is 2.47. The van der Waals surface area contributed by atoms with Crippen LogP contribution in [0.4, 0.5) is 0 Å². The second-order valence-corrected chi connectivity index (χ2v) is 11.6. The average molecular weight is 483 g/mol. The van der Waals surface area contributed by atoms with Crippen molar-refractivity contribution in [3.05, 3.63) is 70.5 Å². The molecule has 0 atom stereocenters. The molecule has 1 N–H and O–H groups in total. The standard InChI is InChI=1S/C31H38N4O/c1-9-20-12-11-13-21(10-2)26(20)35-27(23-15-14-19(3)25-22(23)16-17-32-25)24-18-34(29(36)30(4,5)6)31(7,8)28(24)33-35/h11-17,32H,9-10,18H2,1-8H3. The molecule has 5 heteroatoms. The second kappa shape index (κ2) is 8.36. The van der Waals surface area contributed by atoms with Crippen molar-refractivity contribution in [2.75, 3.05) is 0 Å². The zero-order valence-corrected chi connectivity index (χ0v) is 22.9. The summed E-state index contributed by atoms with van der Waals surface area (Å²) in [6.07, 6.45) is 3.87. The van der Waals surface area contributed by atoms with Crippen LogP contribution in [-0.2, 0) is 29.7 Å². The first kappa shape index (κ1) is 24.4. The number of benzene rings is 2. The molecule has 2 aromatic heterocycles. The predicted octanol–water partition coefficient (Wildman–Crippen LogP) is 7.08. The predicted molar refractivity (Wildman–Crippen MR) is 147 cm³/mol. The van der Waals surface area contributed by atoms with Gasteiger partial charge in [0.15, 0.2) is 0 Å². The zero-order valence-electron chi connectivity index (χ0n) is 22.9. The van der Waals surface area contributed by atoms with Crippen LogP contribution in [0.2, 0.25) is 0 Å². The molecular weight excluding hydrogens is 444 g/mol. The quantitative estimate of drug-likeness (QED) is 0.338. The topological polar surface area (TPSA) is 53.9 Å². The van der Waals surface area contributed by atoms with E-state index in [1.54, 1.807) is 0 Å². The molecule has 0 spiro atoms. The first-order valence-electron chi connectivity index (χ1n) is 13.1. The summed E-state index contributed by atoms with van der Waals surface area (Å²) in [5.41, 5.74) is 9.55. The van der Waals surface area contributed by atoms with Crippen LogP contribution in [0, 0.1) is 12.3 Å². The van der Waals surface area contributed by atoms with Crippen molar-refractivity contribution in [2.45, 2.75) is 80.3 Å². The highest BCUT2D eigenvalue weighted by molar-refractivity contribution is 5.97. The monoisotopic (exact) mass is 482 g/mol. The normalized spacial score (nSPS) is 15.1. The third-order valence-corrected chi connectivity index (χ3v) is 7.80. The largest absolute Gasteiger partial charge is 0.361 e. The van der Waals surface area contributed by atoms with Crippen LogP contribution in [0.5, 0.6) is 0 Å². The van der Waals surface area contributed by atoms with Crippen molar-refractivity contribution in [3.63, 3.8) is 0 Å². The highest BCUT2D eigenvalue weighted by atomic mass is 16.2. The van der Waals surface area contributed by atoms with Crippen LogP contribution in [0.3, 0.4) is 0 Å². The van der Waals surface area contributed by atoms with Crippen LogP contribution >= 0.6 is 0 Å². The van der Waals surface area contributed by atoms with Gasteiger partial charge in [-0.1, -0.05) is 65.0 Å². The molecule has 4 aromatic rings. The van der Waals surface area contributed by atoms with Crippen LogP contribution in [0.1, 0.15) is 76.4 Å². The van der Waals surface area contributed by atoms with Crippen molar-refractivity contribution in [1.29, 1.82) is 0 Å². The molecule has 5 nitrogen and oxygen atoms in total. The number of amides is 1. The van der Waals surface area contributed by atoms with Gasteiger partial charge < -0.3 is 9.88 Å². The number of hydrogen-bond donors (Lipinski definition) is 1. The summed E-state index contributed by atoms with van der Waals surface area (Å²) in [7, 11) is 0. The Morgan fingerprint density at radius 3 is 2.33 bits per heavy atom.